The van der Waals surface area contributed by atoms with Crippen LogP contribution in [0.25, 0.3) is 0 Å². The van der Waals surface area contributed by atoms with Crippen molar-refractivity contribution in [1.82, 2.24) is 4.98 Å². The van der Waals surface area contributed by atoms with E-state index in [1.807, 2.05) is 0 Å². The van der Waals surface area contributed by atoms with Gasteiger partial charge in [-0.3, -0.25) is 9.78 Å². The lowest BCUT2D eigenvalue weighted by molar-refractivity contribution is 0.102. The number of rotatable bonds is 2. The Morgan fingerprint density at radius 2 is 2.24 bits per heavy atom. The number of aromatic nitrogens is 1. The predicted octanol–water partition coefficient (Wildman–Crippen LogP) is 2.13. The Balaban J connectivity index is 2.28. The van der Waals surface area contributed by atoms with Crippen molar-refractivity contribution in [2.45, 2.75) is 6.92 Å². The van der Waals surface area contributed by atoms with Crippen molar-refractivity contribution in [3.05, 3.63) is 59.2 Å². The molecule has 0 aliphatic heterocycles. The Labute approximate surface area is 121 Å². The average Bonchev–Trinajstić information content (AvgIpc) is 2.48. The molecule has 2 rings (SSSR count). The van der Waals surface area contributed by atoms with Gasteiger partial charge in [0.2, 0.25) is 0 Å². The van der Waals surface area contributed by atoms with Gasteiger partial charge in [0, 0.05) is 23.6 Å². The average molecular weight is 284 g/mol. The molecule has 2 N–H and O–H groups in total. The van der Waals surface area contributed by atoms with Gasteiger partial charge in [-0.2, -0.15) is 0 Å². The summed E-state index contributed by atoms with van der Waals surface area (Å²) in [6.07, 6.45) is 3.15. The Kier molecular flexibility index (Phi) is 4.64. The van der Waals surface area contributed by atoms with Gasteiger partial charge in [0.1, 0.15) is 12.4 Å². The van der Waals surface area contributed by atoms with Crippen LogP contribution >= 0.6 is 0 Å². The highest BCUT2D eigenvalue weighted by Gasteiger charge is 2.13. The first kappa shape index (κ1) is 14.7. The molecule has 5 heteroatoms. The van der Waals surface area contributed by atoms with Crippen molar-refractivity contribution in [3.63, 3.8) is 0 Å². The quantitative estimate of drug-likeness (QED) is 0.830. The van der Waals surface area contributed by atoms with E-state index in [4.69, 9.17) is 5.11 Å². The number of nitrogens with one attached hydrogen (secondary N) is 1. The van der Waals surface area contributed by atoms with E-state index in [1.165, 1.54) is 18.2 Å². The minimum absolute atomic E-state index is 0.101. The molecule has 0 atom stereocenters. The SMILES string of the molecule is Cc1cnccc1NC(=O)c1cc(C#CCO)ccc1F. The third-order valence-electron chi connectivity index (χ3n) is 2.79. The zero-order chi connectivity index (χ0) is 15.2. The molecule has 0 fully saturated rings. The summed E-state index contributed by atoms with van der Waals surface area (Å²) in [7, 11) is 0. The lowest BCUT2D eigenvalue weighted by Gasteiger charge is -2.08. The molecular formula is C16H13FN2O2. The molecule has 0 radical (unpaired) electrons. The van der Waals surface area contributed by atoms with E-state index < -0.39 is 11.7 Å². The minimum atomic E-state index is -0.631. The maximum Gasteiger partial charge on any atom is 0.258 e. The first-order chi connectivity index (χ1) is 10.1. The molecule has 1 heterocycles. The molecule has 0 spiro atoms. The summed E-state index contributed by atoms with van der Waals surface area (Å²) in [4.78, 5) is 16.1. The summed E-state index contributed by atoms with van der Waals surface area (Å²) in [6, 6.07) is 5.62. The normalized spacial score (nSPS) is 9.67. The Morgan fingerprint density at radius 3 is 2.95 bits per heavy atom. The number of nitrogens with zero attached hydrogens (tertiary/aromatic N) is 1. The number of benzene rings is 1. The predicted molar refractivity (Wildman–Crippen MR) is 77.3 cm³/mol. The molecule has 2 aromatic rings. The second-order valence-electron chi connectivity index (χ2n) is 4.30. The number of halogens is 1. The van der Waals surface area contributed by atoms with Crippen LogP contribution in [0.2, 0.25) is 0 Å². The number of carbonyl (C=O) groups is 1. The molecule has 0 saturated heterocycles. The monoisotopic (exact) mass is 284 g/mol. The summed E-state index contributed by atoms with van der Waals surface area (Å²) in [5.41, 5.74) is 1.71. The van der Waals surface area contributed by atoms with Crippen LogP contribution in [0.4, 0.5) is 10.1 Å². The Bertz CT molecular complexity index is 733. The van der Waals surface area contributed by atoms with E-state index >= 15 is 0 Å². The second-order valence-corrected chi connectivity index (χ2v) is 4.30. The van der Waals surface area contributed by atoms with Crippen LogP contribution < -0.4 is 5.32 Å². The molecule has 1 amide bonds. The van der Waals surface area contributed by atoms with E-state index in [1.54, 1.807) is 25.4 Å². The van der Waals surface area contributed by atoms with E-state index in [0.29, 0.717) is 11.3 Å². The van der Waals surface area contributed by atoms with Gasteiger partial charge in [0.25, 0.3) is 5.91 Å². The number of aryl methyl sites for hydroxylation is 1. The Hall–Kier alpha value is -2.71. The second kappa shape index (κ2) is 6.64. The van der Waals surface area contributed by atoms with Gasteiger partial charge in [-0.05, 0) is 36.8 Å². The van der Waals surface area contributed by atoms with Crippen molar-refractivity contribution in [2.75, 3.05) is 11.9 Å². The van der Waals surface area contributed by atoms with Gasteiger partial charge in [0.05, 0.1) is 5.56 Å². The maximum absolute atomic E-state index is 13.8. The lowest BCUT2D eigenvalue weighted by atomic mass is 10.1. The van der Waals surface area contributed by atoms with Crippen LogP contribution in [0.3, 0.4) is 0 Å². The summed E-state index contributed by atoms with van der Waals surface area (Å²) >= 11 is 0. The molecule has 106 valence electrons. The van der Waals surface area contributed by atoms with Crippen LogP contribution in [0.15, 0.2) is 36.7 Å². The topological polar surface area (TPSA) is 62.2 Å². The largest absolute Gasteiger partial charge is 0.384 e. The van der Waals surface area contributed by atoms with Crippen molar-refractivity contribution < 1.29 is 14.3 Å². The number of aliphatic hydroxyl groups is 1. The summed E-state index contributed by atoms with van der Waals surface area (Å²) in [5.74, 6) is 3.90. The van der Waals surface area contributed by atoms with Crippen molar-refractivity contribution in [1.29, 1.82) is 0 Å². The van der Waals surface area contributed by atoms with Crippen molar-refractivity contribution >= 4 is 11.6 Å². The summed E-state index contributed by atoms with van der Waals surface area (Å²) < 4.78 is 13.8. The van der Waals surface area contributed by atoms with Crippen molar-refractivity contribution in [2.24, 2.45) is 0 Å². The highest BCUT2D eigenvalue weighted by molar-refractivity contribution is 6.05. The molecule has 1 aromatic carbocycles. The van der Waals surface area contributed by atoms with Gasteiger partial charge in [-0.1, -0.05) is 11.8 Å². The first-order valence-electron chi connectivity index (χ1n) is 6.23. The molecule has 1 aromatic heterocycles. The van der Waals surface area contributed by atoms with Crippen LogP contribution in [-0.4, -0.2) is 22.6 Å². The number of pyridine rings is 1. The number of carbonyl (C=O) groups excluding carboxylic acids is 1. The van der Waals surface area contributed by atoms with Gasteiger partial charge in [-0.25, -0.2) is 4.39 Å². The third kappa shape index (κ3) is 3.65. The fraction of sp³-hybridized carbons (Fsp3) is 0.125. The van der Waals surface area contributed by atoms with Gasteiger partial charge < -0.3 is 10.4 Å². The lowest BCUT2D eigenvalue weighted by Crippen LogP contribution is -2.14. The minimum Gasteiger partial charge on any atom is -0.384 e. The van der Waals surface area contributed by atoms with Crippen molar-refractivity contribution in [3.8, 4) is 11.8 Å². The molecule has 4 nitrogen and oxygen atoms in total. The molecule has 0 aliphatic carbocycles. The molecule has 0 saturated carbocycles. The molecule has 0 bridgehead atoms. The smallest absolute Gasteiger partial charge is 0.258 e. The van der Waals surface area contributed by atoms with Crippen LogP contribution in [0.1, 0.15) is 21.5 Å². The van der Waals surface area contributed by atoms with Crippen LogP contribution in [-0.2, 0) is 0 Å². The highest BCUT2D eigenvalue weighted by atomic mass is 19.1. The van der Waals surface area contributed by atoms with E-state index in [-0.39, 0.29) is 12.2 Å². The van der Waals surface area contributed by atoms with E-state index in [9.17, 15) is 9.18 Å². The number of anilines is 1. The molecular weight excluding hydrogens is 271 g/mol. The molecule has 0 aliphatic rings. The molecule has 0 unspecified atom stereocenters. The Morgan fingerprint density at radius 1 is 1.43 bits per heavy atom. The summed E-state index contributed by atoms with van der Waals surface area (Å²) in [5, 5.41) is 11.3. The summed E-state index contributed by atoms with van der Waals surface area (Å²) in [6.45, 7) is 1.50. The fourth-order valence-electron chi connectivity index (χ4n) is 1.72. The van der Waals surface area contributed by atoms with Gasteiger partial charge in [-0.15, -0.1) is 0 Å². The van der Waals surface area contributed by atoms with Gasteiger partial charge >= 0.3 is 0 Å². The zero-order valence-corrected chi connectivity index (χ0v) is 11.4. The first-order valence-corrected chi connectivity index (χ1v) is 6.23. The van der Waals surface area contributed by atoms with Gasteiger partial charge in [0.15, 0.2) is 0 Å². The maximum atomic E-state index is 13.8. The number of aliphatic hydroxyl groups excluding tert-OH is 1. The standard InChI is InChI=1S/C16H13FN2O2/c1-11-10-18-7-6-15(11)19-16(21)13-9-12(3-2-8-20)4-5-14(13)17/h4-7,9-10,20H,8H2,1H3,(H,18,19,21). The van der Waals surface area contributed by atoms with E-state index in [0.717, 1.165) is 5.56 Å². The van der Waals surface area contributed by atoms with E-state index in [2.05, 4.69) is 22.1 Å². The third-order valence-corrected chi connectivity index (χ3v) is 2.79. The number of amides is 1. The fourth-order valence-corrected chi connectivity index (χ4v) is 1.72. The number of hydrogen-bond acceptors (Lipinski definition) is 3. The van der Waals surface area contributed by atoms with Crippen LogP contribution in [0, 0.1) is 24.6 Å². The number of hydrogen-bond donors (Lipinski definition) is 2. The molecule has 21 heavy (non-hydrogen) atoms. The van der Waals surface area contributed by atoms with Crippen LogP contribution in [0.5, 0.6) is 0 Å². The zero-order valence-electron chi connectivity index (χ0n) is 11.4. The highest BCUT2D eigenvalue weighted by Crippen LogP contribution is 2.16.